The van der Waals surface area contributed by atoms with Crippen molar-refractivity contribution in [1.29, 1.82) is 0 Å². The quantitative estimate of drug-likeness (QED) is 0.694. The molecule has 7 heteroatoms. The van der Waals surface area contributed by atoms with Gasteiger partial charge in [0.1, 0.15) is 0 Å². The summed E-state index contributed by atoms with van der Waals surface area (Å²) in [5, 5.41) is 2.85. The first-order chi connectivity index (χ1) is 14.1. The van der Waals surface area contributed by atoms with Crippen LogP contribution in [0.15, 0.2) is 67.1 Å². The van der Waals surface area contributed by atoms with Crippen LogP contribution < -0.4 is 10.2 Å². The van der Waals surface area contributed by atoms with E-state index in [2.05, 4.69) is 15.3 Å². The minimum Gasteiger partial charge on any atom is -0.449 e. The van der Waals surface area contributed by atoms with Crippen LogP contribution in [0, 0.1) is 0 Å². The fourth-order valence-electron chi connectivity index (χ4n) is 2.67. The van der Waals surface area contributed by atoms with Crippen molar-refractivity contribution in [3.05, 3.63) is 78.2 Å². The Balaban J connectivity index is 1.63. The molecule has 0 bridgehead atoms. The number of anilines is 1. The van der Waals surface area contributed by atoms with E-state index >= 15 is 0 Å². The predicted octanol–water partition coefficient (Wildman–Crippen LogP) is 3.67. The van der Waals surface area contributed by atoms with Gasteiger partial charge in [0.05, 0.1) is 17.9 Å². The van der Waals surface area contributed by atoms with E-state index in [1.165, 1.54) is 4.90 Å². The molecule has 29 heavy (non-hydrogen) atoms. The zero-order chi connectivity index (χ0) is 20.6. The molecule has 2 amide bonds. The molecular weight excluding hydrogens is 368 g/mol. The third kappa shape index (κ3) is 5.16. The maximum absolute atomic E-state index is 12.3. The van der Waals surface area contributed by atoms with Gasteiger partial charge in [-0.25, -0.2) is 4.79 Å². The molecule has 7 nitrogen and oxygen atoms in total. The van der Waals surface area contributed by atoms with Crippen molar-refractivity contribution in [3.63, 3.8) is 0 Å². The topological polar surface area (TPSA) is 84.4 Å². The molecule has 0 saturated heterocycles. The average molecular weight is 390 g/mol. The largest absolute Gasteiger partial charge is 0.449 e. The number of carbonyl (C=O) groups is 2. The van der Waals surface area contributed by atoms with E-state index in [1.807, 2.05) is 36.4 Å². The van der Waals surface area contributed by atoms with E-state index in [-0.39, 0.29) is 5.91 Å². The number of carbonyl (C=O) groups excluding carboxylic acids is 2. The molecule has 0 saturated carbocycles. The number of nitrogens with zero attached hydrogens (tertiary/aromatic N) is 3. The molecule has 1 aromatic carbocycles. The summed E-state index contributed by atoms with van der Waals surface area (Å²) in [6.07, 6.45) is 4.55. The van der Waals surface area contributed by atoms with Crippen LogP contribution >= 0.6 is 0 Å². The van der Waals surface area contributed by atoms with Gasteiger partial charge in [0.2, 0.25) is 0 Å². The van der Waals surface area contributed by atoms with Crippen molar-refractivity contribution < 1.29 is 14.3 Å². The number of rotatable bonds is 6. The number of nitrogens with one attached hydrogen (secondary N) is 1. The molecular formula is C22H22N4O3. The van der Waals surface area contributed by atoms with Crippen molar-refractivity contribution >= 4 is 17.7 Å². The molecule has 0 atom stereocenters. The highest BCUT2D eigenvalue weighted by molar-refractivity contribution is 5.94. The number of hydrogen-bond donors (Lipinski definition) is 1. The minimum atomic E-state index is -0.403. The molecule has 0 radical (unpaired) electrons. The molecule has 2 aromatic heterocycles. The summed E-state index contributed by atoms with van der Waals surface area (Å²) in [6.45, 7) is 2.50. The maximum Gasteiger partial charge on any atom is 0.413 e. The fraction of sp³-hybridized carbons (Fsp3) is 0.182. The maximum atomic E-state index is 12.3. The number of aromatic nitrogens is 2. The Kier molecular flexibility index (Phi) is 6.52. The summed E-state index contributed by atoms with van der Waals surface area (Å²) in [4.78, 5) is 33.9. The van der Waals surface area contributed by atoms with Crippen LogP contribution in [-0.2, 0) is 11.3 Å². The standard InChI is InChI=1S/C22H22N4O3/c1-3-29-22(28)26(2)19-9-6-17(7-10-19)20-11-8-18(15-24-20)21(27)25-14-16-5-4-12-23-13-16/h4-13,15H,3,14H2,1-2H3,(H,25,27). The van der Waals surface area contributed by atoms with Gasteiger partial charge in [-0.2, -0.15) is 0 Å². The predicted molar refractivity (Wildman–Crippen MR) is 111 cm³/mol. The monoisotopic (exact) mass is 390 g/mol. The third-order valence-corrected chi connectivity index (χ3v) is 4.29. The number of benzene rings is 1. The lowest BCUT2D eigenvalue weighted by Crippen LogP contribution is -2.26. The SMILES string of the molecule is CCOC(=O)N(C)c1ccc(-c2ccc(C(=O)NCc3cccnc3)cn2)cc1. The van der Waals surface area contributed by atoms with E-state index in [0.717, 1.165) is 22.5 Å². The zero-order valence-corrected chi connectivity index (χ0v) is 16.3. The second-order valence-electron chi connectivity index (χ2n) is 6.28. The summed E-state index contributed by atoms with van der Waals surface area (Å²) < 4.78 is 4.99. The Morgan fingerprint density at radius 1 is 1.07 bits per heavy atom. The van der Waals surface area contributed by atoms with E-state index in [1.54, 1.807) is 44.7 Å². The Labute approximate surface area is 169 Å². The van der Waals surface area contributed by atoms with Crippen LogP contribution in [0.25, 0.3) is 11.3 Å². The Hall–Kier alpha value is -3.74. The van der Waals surface area contributed by atoms with E-state index < -0.39 is 6.09 Å². The van der Waals surface area contributed by atoms with Gasteiger partial charge in [-0.1, -0.05) is 18.2 Å². The lowest BCUT2D eigenvalue weighted by Gasteiger charge is -2.16. The Bertz CT molecular complexity index is 958. The molecule has 0 fully saturated rings. The molecule has 2 heterocycles. The van der Waals surface area contributed by atoms with Crippen molar-refractivity contribution in [2.75, 3.05) is 18.6 Å². The van der Waals surface area contributed by atoms with E-state index in [4.69, 9.17) is 4.74 Å². The number of pyridine rings is 2. The van der Waals surface area contributed by atoms with Gasteiger partial charge in [-0.15, -0.1) is 0 Å². The minimum absolute atomic E-state index is 0.195. The van der Waals surface area contributed by atoms with Crippen molar-refractivity contribution in [2.45, 2.75) is 13.5 Å². The van der Waals surface area contributed by atoms with Gasteiger partial charge in [0, 0.05) is 43.4 Å². The van der Waals surface area contributed by atoms with Gasteiger partial charge < -0.3 is 10.1 Å². The summed E-state index contributed by atoms with van der Waals surface area (Å²) in [5.74, 6) is -0.195. The first-order valence-electron chi connectivity index (χ1n) is 9.22. The molecule has 3 aromatic rings. The second-order valence-corrected chi connectivity index (χ2v) is 6.28. The normalized spacial score (nSPS) is 10.3. The van der Waals surface area contributed by atoms with Gasteiger partial charge in [-0.05, 0) is 42.8 Å². The molecule has 148 valence electrons. The molecule has 0 aliphatic rings. The molecule has 3 rings (SSSR count). The lowest BCUT2D eigenvalue weighted by molar-refractivity contribution is 0.0950. The summed E-state index contributed by atoms with van der Waals surface area (Å²) in [5.41, 5.74) is 3.75. The first kappa shape index (κ1) is 20.0. The Morgan fingerprint density at radius 3 is 2.48 bits per heavy atom. The molecule has 0 aliphatic heterocycles. The number of ether oxygens (including phenoxy) is 1. The molecule has 0 spiro atoms. The first-order valence-corrected chi connectivity index (χ1v) is 9.22. The summed E-state index contributed by atoms with van der Waals surface area (Å²) in [6, 6.07) is 14.6. The van der Waals surface area contributed by atoms with Crippen LogP contribution in [0.1, 0.15) is 22.8 Å². The van der Waals surface area contributed by atoms with E-state index in [9.17, 15) is 9.59 Å². The fourth-order valence-corrected chi connectivity index (χ4v) is 2.67. The zero-order valence-electron chi connectivity index (χ0n) is 16.3. The smallest absolute Gasteiger partial charge is 0.413 e. The number of hydrogen-bond acceptors (Lipinski definition) is 5. The second kappa shape index (κ2) is 9.45. The van der Waals surface area contributed by atoms with Crippen molar-refractivity contribution in [2.24, 2.45) is 0 Å². The number of amides is 2. The Morgan fingerprint density at radius 2 is 1.86 bits per heavy atom. The van der Waals surface area contributed by atoms with Crippen LogP contribution in [0.2, 0.25) is 0 Å². The third-order valence-electron chi connectivity index (χ3n) is 4.29. The van der Waals surface area contributed by atoms with E-state index in [0.29, 0.717) is 18.7 Å². The van der Waals surface area contributed by atoms with Crippen molar-refractivity contribution in [1.82, 2.24) is 15.3 Å². The lowest BCUT2D eigenvalue weighted by atomic mass is 10.1. The van der Waals surface area contributed by atoms with Crippen LogP contribution in [-0.4, -0.2) is 35.6 Å². The van der Waals surface area contributed by atoms with Crippen LogP contribution in [0.4, 0.5) is 10.5 Å². The van der Waals surface area contributed by atoms with Crippen molar-refractivity contribution in [3.8, 4) is 11.3 Å². The highest BCUT2D eigenvalue weighted by Crippen LogP contribution is 2.22. The van der Waals surface area contributed by atoms with Gasteiger partial charge in [-0.3, -0.25) is 19.7 Å². The van der Waals surface area contributed by atoms with Gasteiger partial charge >= 0.3 is 6.09 Å². The average Bonchev–Trinajstić information content (AvgIpc) is 2.78. The summed E-state index contributed by atoms with van der Waals surface area (Å²) in [7, 11) is 1.66. The van der Waals surface area contributed by atoms with Crippen LogP contribution in [0.3, 0.4) is 0 Å². The molecule has 0 aliphatic carbocycles. The molecule has 1 N–H and O–H groups in total. The summed E-state index contributed by atoms with van der Waals surface area (Å²) >= 11 is 0. The highest BCUT2D eigenvalue weighted by atomic mass is 16.6. The van der Waals surface area contributed by atoms with Gasteiger partial charge in [0.25, 0.3) is 5.91 Å². The van der Waals surface area contributed by atoms with Crippen LogP contribution in [0.5, 0.6) is 0 Å². The van der Waals surface area contributed by atoms with Gasteiger partial charge in [0.15, 0.2) is 0 Å². The molecule has 0 unspecified atom stereocenters. The highest BCUT2D eigenvalue weighted by Gasteiger charge is 2.12.